The summed E-state index contributed by atoms with van der Waals surface area (Å²) >= 11 is 0. The number of sulfonamides is 1. The van der Waals surface area contributed by atoms with Crippen molar-refractivity contribution in [3.63, 3.8) is 0 Å². The summed E-state index contributed by atoms with van der Waals surface area (Å²) in [6, 6.07) is 14.1. The number of aryl methyl sites for hydroxylation is 2. The molecule has 186 valence electrons. The largest absolute Gasteiger partial charge is 0.354 e. The van der Waals surface area contributed by atoms with Gasteiger partial charge in [0.05, 0.1) is 11.9 Å². The average Bonchev–Trinajstić information content (AvgIpc) is 2.78. The molecule has 2 aromatic rings. The summed E-state index contributed by atoms with van der Waals surface area (Å²) in [6.07, 6.45) is 3.31. The van der Waals surface area contributed by atoms with Crippen LogP contribution in [0.3, 0.4) is 0 Å². The van der Waals surface area contributed by atoms with E-state index in [1.165, 1.54) is 4.90 Å². The number of anilines is 1. The molecular weight excluding hydrogens is 450 g/mol. The van der Waals surface area contributed by atoms with Crippen molar-refractivity contribution in [1.29, 1.82) is 0 Å². The number of unbranched alkanes of at least 4 members (excludes halogenated alkanes) is 1. The van der Waals surface area contributed by atoms with Gasteiger partial charge in [-0.1, -0.05) is 68.3 Å². The van der Waals surface area contributed by atoms with Crippen LogP contribution in [0.1, 0.15) is 49.8 Å². The van der Waals surface area contributed by atoms with E-state index in [9.17, 15) is 18.0 Å². The lowest BCUT2D eigenvalue weighted by Crippen LogP contribution is -2.52. The number of benzene rings is 2. The Hall–Kier alpha value is -2.87. The Bertz CT molecular complexity index is 1070. The lowest BCUT2D eigenvalue weighted by Gasteiger charge is -2.33. The van der Waals surface area contributed by atoms with Crippen LogP contribution in [0.15, 0.2) is 48.5 Å². The fourth-order valence-corrected chi connectivity index (χ4v) is 4.79. The van der Waals surface area contributed by atoms with E-state index in [1.54, 1.807) is 6.07 Å². The lowest BCUT2D eigenvalue weighted by molar-refractivity contribution is -0.140. The van der Waals surface area contributed by atoms with Crippen LogP contribution >= 0.6 is 0 Å². The molecule has 0 unspecified atom stereocenters. The fraction of sp³-hybridized carbons (Fsp3) is 0.462. The fourth-order valence-electron chi connectivity index (χ4n) is 3.89. The first kappa shape index (κ1) is 27.4. The van der Waals surface area contributed by atoms with Gasteiger partial charge in [0.25, 0.3) is 0 Å². The number of rotatable bonds is 12. The van der Waals surface area contributed by atoms with Gasteiger partial charge in [0.2, 0.25) is 21.8 Å². The molecule has 0 heterocycles. The van der Waals surface area contributed by atoms with Crippen LogP contribution in [0, 0.1) is 13.8 Å². The first-order chi connectivity index (χ1) is 16.1. The van der Waals surface area contributed by atoms with Crippen molar-refractivity contribution in [2.24, 2.45) is 0 Å². The van der Waals surface area contributed by atoms with Crippen LogP contribution in [0.4, 0.5) is 5.69 Å². The van der Waals surface area contributed by atoms with Crippen molar-refractivity contribution in [1.82, 2.24) is 10.2 Å². The normalized spacial score (nSPS) is 12.1. The number of hydrogen-bond donors (Lipinski definition) is 1. The summed E-state index contributed by atoms with van der Waals surface area (Å²) < 4.78 is 26.5. The van der Waals surface area contributed by atoms with Gasteiger partial charge in [0.1, 0.15) is 12.6 Å². The molecule has 0 fully saturated rings. The highest BCUT2D eigenvalue weighted by Crippen LogP contribution is 2.24. The highest BCUT2D eigenvalue weighted by Gasteiger charge is 2.32. The van der Waals surface area contributed by atoms with Crippen LogP contribution in [-0.4, -0.2) is 50.5 Å². The standard InChI is InChI=1S/C26H37N3O4S/c1-6-8-16-27-26(31)23(7-2)28(18-22-12-10-9-11-13-22)25(30)19-29(34(5,32)33)24-15-14-20(3)17-21(24)4/h9-15,17,23H,6-8,16,18-19H2,1-5H3,(H,27,31)/t23-/m1/s1. The Balaban J connectivity index is 2.40. The molecule has 0 radical (unpaired) electrons. The van der Waals surface area contributed by atoms with Crippen LogP contribution in [0.2, 0.25) is 0 Å². The van der Waals surface area contributed by atoms with Gasteiger partial charge in [0, 0.05) is 13.1 Å². The third-order valence-corrected chi connectivity index (χ3v) is 6.84. The van der Waals surface area contributed by atoms with Crippen LogP contribution < -0.4 is 9.62 Å². The minimum Gasteiger partial charge on any atom is -0.354 e. The number of carbonyl (C=O) groups excluding carboxylic acids is 2. The Morgan fingerprint density at radius 3 is 2.26 bits per heavy atom. The van der Waals surface area contributed by atoms with E-state index in [-0.39, 0.29) is 19.0 Å². The quantitative estimate of drug-likeness (QED) is 0.462. The molecule has 2 rings (SSSR count). The topological polar surface area (TPSA) is 86.8 Å². The molecule has 2 aromatic carbocycles. The van der Waals surface area contributed by atoms with Gasteiger partial charge >= 0.3 is 0 Å². The first-order valence-corrected chi connectivity index (χ1v) is 13.6. The molecule has 0 aliphatic rings. The Morgan fingerprint density at radius 1 is 1.03 bits per heavy atom. The molecule has 0 bridgehead atoms. The van der Waals surface area contributed by atoms with Gasteiger partial charge in [-0.3, -0.25) is 13.9 Å². The first-order valence-electron chi connectivity index (χ1n) is 11.7. The minimum absolute atomic E-state index is 0.212. The monoisotopic (exact) mass is 487 g/mol. The van der Waals surface area contributed by atoms with Crippen LogP contribution in [0.5, 0.6) is 0 Å². The minimum atomic E-state index is -3.74. The SMILES string of the molecule is CCCCNC(=O)[C@@H](CC)N(Cc1ccccc1)C(=O)CN(c1ccc(C)cc1C)S(C)(=O)=O. The Labute approximate surface area is 204 Å². The molecular formula is C26H37N3O4S. The van der Waals surface area contributed by atoms with Gasteiger partial charge in [0.15, 0.2) is 0 Å². The predicted octanol–water partition coefficient (Wildman–Crippen LogP) is 3.79. The van der Waals surface area contributed by atoms with Crippen molar-refractivity contribution in [3.05, 3.63) is 65.2 Å². The molecule has 0 saturated carbocycles. The summed E-state index contributed by atoms with van der Waals surface area (Å²) in [5.74, 6) is -0.649. The molecule has 1 atom stereocenters. The summed E-state index contributed by atoms with van der Waals surface area (Å²) in [5.41, 5.74) is 3.09. The second-order valence-electron chi connectivity index (χ2n) is 8.64. The van der Waals surface area contributed by atoms with E-state index < -0.39 is 22.0 Å². The Morgan fingerprint density at radius 2 is 1.71 bits per heavy atom. The molecule has 7 nitrogen and oxygen atoms in total. The van der Waals surface area contributed by atoms with Gasteiger partial charge < -0.3 is 10.2 Å². The van der Waals surface area contributed by atoms with E-state index >= 15 is 0 Å². The smallest absolute Gasteiger partial charge is 0.244 e. The summed E-state index contributed by atoms with van der Waals surface area (Å²) in [4.78, 5) is 28.1. The molecule has 2 amide bonds. The highest BCUT2D eigenvalue weighted by molar-refractivity contribution is 7.92. The van der Waals surface area contributed by atoms with Gasteiger partial charge in [-0.2, -0.15) is 0 Å². The Kier molecular flexibility index (Phi) is 10.1. The average molecular weight is 488 g/mol. The number of carbonyl (C=O) groups is 2. The van der Waals surface area contributed by atoms with Crippen LogP contribution in [-0.2, 0) is 26.2 Å². The van der Waals surface area contributed by atoms with E-state index in [4.69, 9.17) is 0 Å². The van der Waals surface area contributed by atoms with Crippen molar-refractivity contribution in [3.8, 4) is 0 Å². The van der Waals surface area contributed by atoms with Crippen molar-refractivity contribution in [2.45, 2.75) is 59.5 Å². The number of amides is 2. The molecule has 0 aliphatic heterocycles. The third-order valence-electron chi connectivity index (χ3n) is 5.71. The molecule has 0 aliphatic carbocycles. The lowest BCUT2D eigenvalue weighted by atomic mass is 10.1. The second kappa shape index (κ2) is 12.6. The maximum absolute atomic E-state index is 13.6. The highest BCUT2D eigenvalue weighted by atomic mass is 32.2. The zero-order valence-corrected chi connectivity index (χ0v) is 21.7. The van der Waals surface area contributed by atoms with Crippen molar-refractivity contribution >= 4 is 27.5 Å². The number of hydrogen-bond acceptors (Lipinski definition) is 4. The molecule has 0 spiro atoms. The van der Waals surface area contributed by atoms with E-state index in [2.05, 4.69) is 5.32 Å². The zero-order valence-electron chi connectivity index (χ0n) is 20.9. The van der Waals surface area contributed by atoms with E-state index in [0.717, 1.165) is 40.1 Å². The summed E-state index contributed by atoms with van der Waals surface area (Å²) in [7, 11) is -3.74. The zero-order chi connectivity index (χ0) is 25.3. The molecule has 1 N–H and O–H groups in total. The molecule has 0 saturated heterocycles. The van der Waals surface area contributed by atoms with Crippen LogP contribution in [0.25, 0.3) is 0 Å². The van der Waals surface area contributed by atoms with Crippen molar-refractivity contribution in [2.75, 3.05) is 23.7 Å². The summed E-state index contributed by atoms with van der Waals surface area (Å²) in [6.45, 7) is 8.02. The molecule has 0 aromatic heterocycles. The van der Waals surface area contributed by atoms with E-state index in [0.29, 0.717) is 18.7 Å². The van der Waals surface area contributed by atoms with Gasteiger partial charge in [-0.15, -0.1) is 0 Å². The van der Waals surface area contributed by atoms with Gasteiger partial charge in [-0.05, 0) is 43.9 Å². The van der Waals surface area contributed by atoms with E-state index in [1.807, 2.05) is 70.2 Å². The third kappa shape index (κ3) is 7.58. The molecule has 8 heteroatoms. The summed E-state index contributed by atoms with van der Waals surface area (Å²) in [5, 5.41) is 2.92. The van der Waals surface area contributed by atoms with Crippen molar-refractivity contribution < 1.29 is 18.0 Å². The number of nitrogens with one attached hydrogen (secondary N) is 1. The molecule has 34 heavy (non-hydrogen) atoms. The predicted molar refractivity (Wildman–Crippen MR) is 137 cm³/mol. The van der Waals surface area contributed by atoms with Gasteiger partial charge in [-0.25, -0.2) is 8.42 Å². The number of nitrogens with zero attached hydrogens (tertiary/aromatic N) is 2. The maximum atomic E-state index is 13.6. The second-order valence-corrected chi connectivity index (χ2v) is 10.5. The maximum Gasteiger partial charge on any atom is 0.244 e.